The zero-order valence-electron chi connectivity index (χ0n) is 13.6. The van der Waals surface area contributed by atoms with Crippen LogP contribution in [0.4, 0.5) is 0 Å². The van der Waals surface area contributed by atoms with Crippen LogP contribution in [0.3, 0.4) is 0 Å². The molecule has 0 unspecified atom stereocenters. The monoisotopic (exact) mass is 323 g/mol. The van der Waals surface area contributed by atoms with Crippen LogP contribution >= 0.6 is 7.60 Å². The second-order valence-corrected chi connectivity index (χ2v) is 7.04. The molecule has 21 heavy (non-hydrogen) atoms. The molecule has 0 aromatic rings. The fraction of sp³-hybridized carbons (Fsp3) is 1.00. The molecule has 1 rings (SSSR count). The molecule has 6 nitrogen and oxygen atoms in total. The van der Waals surface area contributed by atoms with Crippen molar-refractivity contribution in [2.24, 2.45) is 0 Å². The van der Waals surface area contributed by atoms with Crippen LogP contribution in [0.15, 0.2) is 0 Å². The Kier molecular flexibility index (Phi) is 9.73. The largest absolute Gasteiger partial charge is 0.350 e. The minimum atomic E-state index is -3.03. The van der Waals surface area contributed by atoms with Gasteiger partial charge in [-0.25, -0.2) is 0 Å². The van der Waals surface area contributed by atoms with Crippen molar-refractivity contribution in [3.8, 4) is 0 Å². The Labute approximate surface area is 128 Å². The van der Waals surface area contributed by atoms with Gasteiger partial charge in [-0.3, -0.25) is 9.46 Å². The van der Waals surface area contributed by atoms with Crippen LogP contribution in [-0.4, -0.2) is 57.0 Å². The molecule has 0 aromatic heterocycles. The molecular formula is C14H30NO5P. The van der Waals surface area contributed by atoms with Gasteiger partial charge in [-0.2, -0.15) is 0 Å². The van der Waals surface area contributed by atoms with E-state index < -0.39 is 7.60 Å². The van der Waals surface area contributed by atoms with Crippen molar-refractivity contribution in [1.82, 2.24) is 4.90 Å². The van der Waals surface area contributed by atoms with Crippen LogP contribution in [-0.2, 0) is 23.1 Å². The molecule has 126 valence electrons. The molecule has 0 atom stereocenters. The Morgan fingerprint density at radius 3 is 2.24 bits per heavy atom. The van der Waals surface area contributed by atoms with Gasteiger partial charge in [0.2, 0.25) is 0 Å². The summed E-state index contributed by atoms with van der Waals surface area (Å²) in [4.78, 5) is 2.14. The van der Waals surface area contributed by atoms with E-state index >= 15 is 0 Å². The highest BCUT2D eigenvalue weighted by Crippen LogP contribution is 2.48. The Morgan fingerprint density at radius 2 is 1.71 bits per heavy atom. The van der Waals surface area contributed by atoms with Crippen LogP contribution in [0.5, 0.6) is 0 Å². The van der Waals surface area contributed by atoms with Gasteiger partial charge in [-0.15, -0.1) is 0 Å². The van der Waals surface area contributed by atoms with Gasteiger partial charge < -0.3 is 18.5 Å². The van der Waals surface area contributed by atoms with Crippen LogP contribution in [0.25, 0.3) is 0 Å². The zero-order valence-corrected chi connectivity index (χ0v) is 14.5. The van der Waals surface area contributed by atoms with Gasteiger partial charge in [-0.05, 0) is 26.8 Å². The lowest BCUT2D eigenvalue weighted by atomic mass is 10.3. The Balaban J connectivity index is 2.50. The topological polar surface area (TPSA) is 57.2 Å². The normalized spacial score (nSPS) is 17.0. The average molecular weight is 323 g/mol. The third kappa shape index (κ3) is 7.73. The number of unbranched alkanes of at least 4 members (excludes halogenated alkanes) is 1. The molecule has 0 saturated carbocycles. The van der Waals surface area contributed by atoms with Crippen LogP contribution in [0.2, 0.25) is 0 Å². The minimum Gasteiger partial charge on any atom is -0.350 e. The van der Waals surface area contributed by atoms with Crippen LogP contribution in [0.1, 0.15) is 40.0 Å². The summed E-state index contributed by atoms with van der Waals surface area (Å²) < 4.78 is 34.3. The maximum absolute atomic E-state index is 12.6. The van der Waals surface area contributed by atoms with Crippen molar-refractivity contribution in [2.45, 2.75) is 46.3 Å². The summed E-state index contributed by atoms with van der Waals surface area (Å²) in [5, 5.41) is 0. The smallest absolute Gasteiger partial charge is 0.344 e. The van der Waals surface area contributed by atoms with Gasteiger partial charge in [0.1, 0.15) is 6.29 Å². The van der Waals surface area contributed by atoms with Gasteiger partial charge in [0.25, 0.3) is 0 Å². The molecule has 0 bridgehead atoms. The molecule has 0 aliphatic carbocycles. The van der Waals surface area contributed by atoms with E-state index in [1.165, 1.54) is 0 Å². The van der Waals surface area contributed by atoms with E-state index in [1.54, 1.807) is 0 Å². The quantitative estimate of drug-likeness (QED) is 0.515. The number of hydrogen-bond donors (Lipinski definition) is 0. The summed E-state index contributed by atoms with van der Waals surface area (Å²) in [5.41, 5.74) is 0. The number of hydrogen-bond acceptors (Lipinski definition) is 6. The second kappa shape index (κ2) is 10.7. The molecule has 1 fully saturated rings. The van der Waals surface area contributed by atoms with Crippen LogP contribution in [0, 0.1) is 0 Å². The van der Waals surface area contributed by atoms with Crippen molar-refractivity contribution in [3.63, 3.8) is 0 Å². The summed E-state index contributed by atoms with van der Waals surface area (Å²) in [6.07, 6.45) is 3.14. The highest BCUT2D eigenvalue weighted by Gasteiger charge is 2.27. The molecule has 7 heteroatoms. The third-order valence-corrected chi connectivity index (χ3v) is 5.27. The molecule has 1 aliphatic heterocycles. The number of nitrogens with zero attached hydrogens (tertiary/aromatic N) is 1. The van der Waals surface area contributed by atoms with E-state index in [0.717, 1.165) is 32.4 Å². The van der Waals surface area contributed by atoms with Crippen LogP contribution < -0.4 is 0 Å². The standard InChI is InChI=1S/C14H30NO5P/c1-4-7-9-15(10-8-14-17-11-12-18-14)13-21(16,19-5-2)20-6-3/h14H,4-13H2,1-3H3. The first kappa shape index (κ1) is 19.1. The summed E-state index contributed by atoms with van der Waals surface area (Å²) >= 11 is 0. The molecule has 1 aliphatic rings. The maximum atomic E-state index is 12.6. The molecule has 0 amide bonds. The lowest BCUT2D eigenvalue weighted by Crippen LogP contribution is -2.30. The SMILES string of the molecule is CCCCN(CCC1OCCO1)CP(=O)(OCC)OCC. The molecule has 0 radical (unpaired) electrons. The van der Waals surface area contributed by atoms with Gasteiger partial charge >= 0.3 is 7.60 Å². The van der Waals surface area contributed by atoms with Crippen molar-refractivity contribution in [3.05, 3.63) is 0 Å². The molecule has 1 saturated heterocycles. The first-order valence-electron chi connectivity index (χ1n) is 7.97. The predicted molar refractivity (Wildman–Crippen MR) is 82.5 cm³/mol. The molecule has 1 heterocycles. The first-order chi connectivity index (χ1) is 10.1. The van der Waals surface area contributed by atoms with E-state index in [-0.39, 0.29) is 6.29 Å². The summed E-state index contributed by atoms with van der Waals surface area (Å²) in [6.45, 7) is 9.59. The molecule has 0 spiro atoms. The maximum Gasteiger partial charge on any atom is 0.344 e. The van der Waals surface area contributed by atoms with Gasteiger partial charge in [-0.1, -0.05) is 13.3 Å². The number of rotatable bonds is 12. The lowest BCUT2D eigenvalue weighted by Gasteiger charge is -2.27. The van der Waals surface area contributed by atoms with Crippen molar-refractivity contribution in [1.29, 1.82) is 0 Å². The van der Waals surface area contributed by atoms with E-state index in [4.69, 9.17) is 18.5 Å². The highest BCUT2D eigenvalue weighted by molar-refractivity contribution is 7.53. The van der Waals surface area contributed by atoms with Crippen molar-refractivity contribution in [2.75, 3.05) is 45.8 Å². The Hall–Kier alpha value is 0.0300. The summed E-state index contributed by atoms with van der Waals surface area (Å²) in [6, 6.07) is 0. The molecule has 0 aromatic carbocycles. The van der Waals surface area contributed by atoms with Crippen molar-refractivity contribution >= 4 is 7.60 Å². The summed E-state index contributed by atoms with van der Waals surface area (Å²) in [5.74, 6) is 0. The summed E-state index contributed by atoms with van der Waals surface area (Å²) in [7, 11) is -3.03. The van der Waals surface area contributed by atoms with E-state index in [0.29, 0.717) is 32.7 Å². The van der Waals surface area contributed by atoms with E-state index in [2.05, 4.69) is 11.8 Å². The van der Waals surface area contributed by atoms with E-state index in [9.17, 15) is 4.57 Å². The average Bonchev–Trinajstić information content (AvgIpc) is 2.95. The zero-order chi connectivity index (χ0) is 15.6. The first-order valence-corrected chi connectivity index (χ1v) is 9.70. The molecule has 0 N–H and O–H groups in total. The van der Waals surface area contributed by atoms with Gasteiger partial charge in [0.05, 0.1) is 26.4 Å². The Morgan fingerprint density at radius 1 is 1.10 bits per heavy atom. The Bertz CT molecular complexity index is 300. The second-order valence-electron chi connectivity index (χ2n) is 5.02. The van der Waals surface area contributed by atoms with E-state index in [1.807, 2.05) is 13.8 Å². The molecular weight excluding hydrogens is 293 g/mol. The predicted octanol–water partition coefficient (Wildman–Crippen LogP) is 3.08. The fourth-order valence-electron chi connectivity index (χ4n) is 2.25. The minimum absolute atomic E-state index is 0.132. The lowest BCUT2D eigenvalue weighted by molar-refractivity contribution is -0.0511. The van der Waals surface area contributed by atoms with Gasteiger partial charge in [0, 0.05) is 13.0 Å². The number of ether oxygens (including phenoxy) is 2. The van der Waals surface area contributed by atoms with Gasteiger partial charge in [0.15, 0.2) is 6.29 Å². The van der Waals surface area contributed by atoms with Crippen molar-refractivity contribution < 1.29 is 23.1 Å². The fourth-order valence-corrected chi connectivity index (χ4v) is 4.05. The highest BCUT2D eigenvalue weighted by atomic mass is 31.2. The third-order valence-electron chi connectivity index (χ3n) is 3.22.